The van der Waals surface area contributed by atoms with Crippen LogP contribution < -0.4 is 10.6 Å². The summed E-state index contributed by atoms with van der Waals surface area (Å²) in [5.74, 6) is -1.51. The summed E-state index contributed by atoms with van der Waals surface area (Å²) >= 11 is 0. The molecule has 0 aromatic carbocycles. The summed E-state index contributed by atoms with van der Waals surface area (Å²) in [6.07, 6.45) is 7.44. The lowest BCUT2D eigenvalue weighted by molar-refractivity contribution is -0.163. The average Bonchev–Trinajstić information content (AvgIpc) is 2.75. The van der Waals surface area contributed by atoms with E-state index in [9.17, 15) is 18.0 Å². The van der Waals surface area contributed by atoms with Gasteiger partial charge in [0.25, 0.3) is 5.91 Å². The van der Waals surface area contributed by atoms with E-state index in [2.05, 4.69) is 10.6 Å². The van der Waals surface area contributed by atoms with Crippen molar-refractivity contribution in [1.29, 1.82) is 0 Å². The van der Waals surface area contributed by atoms with Crippen LogP contribution in [0.25, 0.3) is 0 Å². The number of sulfonamides is 1. The maximum Gasteiger partial charge on any atom is 0.254 e. The SMILES string of the molecule is CS(=O)(=O)N1CC(C(=O)NC2CCCCCC2)C2(C1)OCCNC2=O. The molecule has 1 saturated carbocycles. The highest BCUT2D eigenvalue weighted by atomic mass is 32.2. The number of nitrogens with zero attached hydrogens (tertiary/aromatic N) is 1. The van der Waals surface area contributed by atoms with Gasteiger partial charge < -0.3 is 15.4 Å². The Bertz CT molecular complexity index is 630. The fourth-order valence-corrected chi connectivity index (χ4v) is 4.90. The molecule has 2 N–H and O–H groups in total. The Morgan fingerprint density at radius 2 is 1.96 bits per heavy atom. The summed E-state index contributed by atoms with van der Waals surface area (Å²) in [6, 6.07) is 0.0889. The van der Waals surface area contributed by atoms with E-state index in [-0.39, 0.29) is 31.6 Å². The predicted molar refractivity (Wildman–Crippen MR) is 91.2 cm³/mol. The van der Waals surface area contributed by atoms with Crippen molar-refractivity contribution in [2.75, 3.05) is 32.5 Å². The Labute approximate surface area is 148 Å². The first-order chi connectivity index (χ1) is 11.8. The summed E-state index contributed by atoms with van der Waals surface area (Å²) in [4.78, 5) is 25.4. The number of hydrogen-bond acceptors (Lipinski definition) is 5. The highest BCUT2D eigenvalue weighted by Gasteiger charge is 2.59. The molecule has 1 aliphatic carbocycles. The largest absolute Gasteiger partial charge is 0.361 e. The molecule has 2 unspecified atom stereocenters. The molecule has 3 aliphatic rings. The van der Waals surface area contributed by atoms with E-state index in [0.717, 1.165) is 31.9 Å². The number of hydrogen-bond donors (Lipinski definition) is 2. The highest BCUT2D eigenvalue weighted by molar-refractivity contribution is 7.88. The number of nitrogens with one attached hydrogen (secondary N) is 2. The Hall–Kier alpha value is -1.19. The molecule has 0 bridgehead atoms. The van der Waals surface area contributed by atoms with Crippen LogP contribution >= 0.6 is 0 Å². The van der Waals surface area contributed by atoms with Crippen LogP contribution in [0.2, 0.25) is 0 Å². The number of carbonyl (C=O) groups excluding carboxylic acids is 2. The normalized spacial score (nSPS) is 32.4. The second-order valence-electron chi connectivity index (χ2n) is 7.30. The van der Waals surface area contributed by atoms with Gasteiger partial charge in [-0.3, -0.25) is 9.59 Å². The van der Waals surface area contributed by atoms with Gasteiger partial charge in [-0.25, -0.2) is 8.42 Å². The van der Waals surface area contributed by atoms with Crippen LogP contribution in [-0.2, 0) is 24.3 Å². The van der Waals surface area contributed by atoms with Gasteiger partial charge >= 0.3 is 0 Å². The van der Waals surface area contributed by atoms with Crippen molar-refractivity contribution in [3.05, 3.63) is 0 Å². The molecule has 2 atom stereocenters. The molecular formula is C16H27N3O5S. The van der Waals surface area contributed by atoms with E-state index in [0.29, 0.717) is 6.54 Å². The van der Waals surface area contributed by atoms with Gasteiger partial charge in [-0.2, -0.15) is 4.31 Å². The van der Waals surface area contributed by atoms with Crippen LogP contribution in [0.5, 0.6) is 0 Å². The molecule has 0 radical (unpaired) electrons. The lowest BCUT2D eigenvalue weighted by Crippen LogP contribution is -2.62. The fraction of sp³-hybridized carbons (Fsp3) is 0.875. The van der Waals surface area contributed by atoms with Gasteiger partial charge in [0.2, 0.25) is 15.9 Å². The van der Waals surface area contributed by atoms with Crippen molar-refractivity contribution >= 4 is 21.8 Å². The summed E-state index contributed by atoms with van der Waals surface area (Å²) in [5.41, 5.74) is -1.42. The molecule has 8 nitrogen and oxygen atoms in total. The predicted octanol–water partition coefficient (Wildman–Crippen LogP) is -0.398. The van der Waals surface area contributed by atoms with E-state index in [1.807, 2.05) is 0 Å². The third-order valence-corrected chi connectivity index (χ3v) is 6.70. The first kappa shape index (κ1) is 18.6. The topological polar surface area (TPSA) is 105 Å². The first-order valence-electron chi connectivity index (χ1n) is 9.01. The second kappa shape index (κ2) is 7.20. The Morgan fingerprint density at radius 1 is 1.28 bits per heavy atom. The smallest absolute Gasteiger partial charge is 0.254 e. The van der Waals surface area contributed by atoms with E-state index >= 15 is 0 Å². The van der Waals surface area contributed by atoms with Gasteiger partial charge in [-0.15, -0.1) is 0 Å². The van der Waals surface area contributed by atoms with Gasteiger partial charge in [0, 0.05) is 19.1 Å². The van der Waals surface area contributed by atoms with Crippen molar-refractivity contribution in [2.24, 2.45) is 5.92 Å². The van der Waals surface area contributed by atoms with E-state index in [4.69, 9.17) is 4.74 Å². The van der Waals surface area contributed by atoms with Gasteiger partial charge in [0.15, 0.2) is 5.60 Å². The zero-order valence-electron chi connectivity index (χ0n) is 14.6. The minimum Gasteiger partial charge on any atom is -0.361 e. The van der Waals surface area contributed by atoms with Crippen LogP contribution in [0.3, 0.4) is 0 Å². The average molecular weight is 373 g/mol. The summed E-state index contributed by atoms with van der Waals surface area (Å²) in [5, 5.41) is 5.76. The maximum absolute atomic E-state index is 12.9. The van der Waals surface area contributed by atoms with Gasteiger partial charge in [-0.1, -0.05) is 25.7 Å². The zero-order valence-corrected chi connectivity index (χ0v) is 15.4. The van der Waals surface area contributed by atoms with Gasteiger partial charge in [0.05, 0.1) is 25.3 Å². The van der Waals surface area contributed by atoms with Crippen molar-refractivity contribution in [3.8, 4) is 0 Å². The van der Waals surface area contributed by atoms with Crippen molar-refractivity contribution in [1.82, 2.24) is 14.9 Å². The summed E-state index contributed by atoms with van der Waals surface area (Å²) in [6.45, 7) is 0.512. The molecule has 9 heteroatoms. The van der Waals surface area contributed by atoms with Crippen molar-refractivity contribution in [3.63, 3.8) is 0 Å². The van der Waals surface area contributed by atoms with Crippen LogP contribution in [-0.4, -0.2) is 68.7 Å². The molecule has 0 aromatic rings. The number of amides is 2. The Morgan fingerprint density at radius 3 is 2.56 bits per heavy atom. The summed E-state index contributed by atoms with van der Waals surface area (Å²) < 4.78 is 30.9. The van der Waals surface area contributed by atoms with Gasteiger partial charge in [-0.05, 0) is 12.8 Å². The van der Waals surface area contributed by atoms with Crippen molar-refractivity contribution < 1.29 is 22.7 Å². The Kier molecular flexibility index (Phi) is 5.36. The minimum atomic E-state index is -3.51. The summed E-state index contributed by atoms with van der Waals surface area (Å²) in [7, 11) is -3.51. The maximum atomic E-state index is 12.9. The van der Waals surface area contributed by atoms with Crippen LogP contribution in [0.15, 0.2) is 0 Å². The monoisotopic (exact) mass is 373 g/mol. The van der Waals surface area contributed by atoms with E-state index < -0.39 is 27.4 Å². The molecule has 2 heterocycles. The molecule has 25 heavy (non-hydrogen) atoms. The standard InChI is InChI=1S/C16H27N3O5S/c1-25(22,23)19-10-13(16(11-19)15(21)17-8-9-24-16)14(20)18-12-6-4-2-3-5-7-12/h12-13H,2-11H2,1H3,(H,17,21)(H,18,20). The van der Waals surface area contributed by atoms with E-state index in [1.54, 1.807) is 0 Å². The quantitative estimate of drug-likeness (QED) is 0.655. The zero-order chi connectivity index (χ0) is 18.1. The number of rotatable bonds is 3. The molecule has 1 spiro atoms. The molecule has 3 fully saturated rings. The number of carbonyl (C=O) groups is 2. The van der Waals surface area contributed by atoms with Crippen LogP contribution in [0, 0.1) is 5.92 Å². The molecule has 142 valence electrons. The lowest BCUT2D eigenvalue weighted by atomic mass is 9.87. The third-order valence-electron chi connectivity index (χ3n) is 5.48. The minimum absolute atomic E-state index is 0.0230. The van der Waals surface area contributed by atoms with Crippen LogP contribution in [0.1, 0.15) is 38.5 Å². The Balaban J connectivity index is 1.80. The number of ether oxygens (including phenoxy) is 1. The highest BCUT2D eigenvalue weighted by Crippen LogP contribution is 2.35. The van der Waals surface area contributed by atoms with Crippen molar-refractivity contribution in [2.45, 2.75) is 50.2 Å². The molecule has 0 aromatic heterocycles. The van der Waals surface area contributed by atoms with Crippen LogP contribution in [0.4, 0.5) is 0 Å². The molecule has 2 saturated heterocycles. The number of morpholine rings is 1. The molecular weight excluding hydrogens is 346 g/mol. The van der Waals surface area contributed by atoms with Gasteiger partial charge in [0.1, 0.15) is 0 Å². The molecule has 3 rings (SSSR count). The lowest BCUT2D eigenvalue weighted by Gasteiger charge is -2.36. The molecule has 2 aliphatic heterocycles. The van der Waals surface area contributed by atoms with E-state index in [1.165, 1.54) is 17.1 Å². The first-order valence-corrected chi connectivity index (χ1v) is 10.9. The fourth-order valence-electron chi connectivity index (χ4n) is 4.05. The molecule has 2 amide bonds. The third kappa shape index (κ3) is 3.83. The second-order valence-corrected chi connectivity index (χ2v) is 9.28.